The predicted molar refractivity (Wildman–Crippen MR) is 109 cm³/mol. The molecular weight excluding hydrogens is 386 g/mol. The number of carbonyl (C=O) groups excluding carboxylic acids is 1. The Morgan fingerprint density at radius 3 is 2.77 bits per heavy atom. The zero-order chi connectivity index (χ0) is 21.1. The summed E-state index contributed by atoms with van der Waals surface area (Å²) in [5, 5.41) is 18.7. The number of hydrogen-bond donors (Lipinski definition) is 2. The van der Waals surface area contributed by atoms with Crippen molar-refractivity contribution in [1.82, 2.24) is 14.4 Å². The fourth-order valence-corrected chi connectivity index (χ4v) is 3.12. The number of phenols is 1. The number of imidazole rings is 1. The van der Waals surface area contributed by atoms with Crippen LogP contribution in [-0.2, 0) is 4.74 Å². The van der Waals surface area contributed by atoms with Gasteiger partial charge in [-0.25, -0.2) is 9.78 Å². The van der Waals surface area contributed by atoms with Crippen LogP contribution in [0.1, 0.15) is 10.4 Å². The van der Waals surface area contributed by atoms with Crippen LogP contribution in [0.5, 0.6) is 11.5 Å². The second kappa shape index (κ2) is 8.22. The van der Waals surface area contributed by atoms with Crippen molar-refractivity contribution >= 4 is 11.6 Å². The minimum Gasteiger partial charge on any atom is -0.504 e. The number of phenolic OH excluding ortho intramolecular Hbond substituents is 1. The number of hydrogen-bond acceptors (Lipinski definition) is 7. The maximum Gasteiger partial charge on any atom is 0.338 e. The van der Waals surface area contributed by atoms with Crippen molar-refractivity contribution < 1.29 is 24.5 Å². The van der Waals surface area contributed by atoms with Gasteiger partial charge in [0.25, 0.3) is 0 Å². The summed E-state index contributed by atoms with van der Waals surface area (Å²) in [4.78, 5) is 20.9. The van der Waals surface area contributed by atoms with E-state index in [-0.39, 0.29) is 19.0 Å². The number of aliphatic hydroxyl groups excluding tert-OH is 1. The Kier molecular flexibility index (Phi) is 5.32. The highest BCUT2D eigenvalue weighted by atomic mass is 16.5. The van der Waals surface area contributed by atoms with Crippen molar-refractivity contribution in [3.05, 3.63) is 66.6 Å². The van der Waals surface area contributed by atoms with Crippen LogP contribution >= 0.6 is 0 Å². The van der Waals surface area contributed by atoms with Crippen LogP contribution in [0.2, 0.25) is 0 Å². The van der Waals surface area contributed by atoms with Crippen molar-refractivity contribution in [3.8, 4) is 34.0 Å². The van der Waals surface area contributed by atoms with Gasteiger partial charge < -0.3 is 19.7 Å². The number of methoxy groups -OCH3 is 1. The fraction of sp³-hybridized carbons (Fsp3) is 0.136. The molecule has 2 heterocycles. The summed E-state index contributed by atoms with van der Waals surface area (Å²) < 4.78 is 12.1. The van der Waals surface area contributed by atoms with E-state index in [0.717, 1.165) is 16.8 Å². The monoisotopic (exact) mass is 405 g/mol. The van der Waals surface area contributed by atoms with Crippen LogP contribution in [0.3, 0.4) is 0 Å². The average Bonchev–Trinajstić information content (AvgIpc) is 3.21. The minimum absolute atomic E-state index is 0.0538. The lowest BCUT2D eigenvalue weighted by Gasteiger charge is -2.08. The molecule has 0 atom stereocenters. The molecule has 0 spiro atoms. The highest BCUT2D eigenvalue weighted by Gasteiger charge is 2.13. The number of ether oxygens (including phenoxy) is 2. The van der Waals surface area contributed by atoms with Gasteiger partial charge in [0, 0.05) is 17.3 Å². The van der Waals surface area contributed by atoms with Crippen molar-refractivity contribution in [2.24, 2.45) is 0 Å². The molecule has 0 saturated carbocycles. The smallest absolute Gasteiger partial charge is 0.338 e. The number of aromatic nitrogens is 3. The van der Waals surface area contributed by atoms with E-state index in [0.29, 0.717) is 22.7 Å². The number of benzene rings is 2. The summed E-state index contributed by atoms with van der Waals surface area (Å²) in [6, 6.07) is 12.0. The molecule has 152 valence electrons. The molecule has 0 aliphatic rings. The van der Waals surface area contributed by atoms with Crippen molar-refractivity contribution in [1.29, 1.82) is 0 Å². The van der Waals surface area contributed by atoms with E-state index in [4.69, 9.17) is 14.6 Å². The van der Waals surface area contributed by atoms with Gasteiger partial charge >= 0.3 is 5.97 Å². The van der Waals surface area contributed by atoms with Crippen LogP contribution in [0.4, 0.5) is 0 Å². The first-order valence-electron chi connectivity index (χ1n) is 9.19. The average molecular weight is 405 g/mol. The largest absolute Gasteiger partial charge is 0.504 e. The zero-order valence-electron chi connectivity index (χ0n) is 16.1. The van der Waals surface area contributed by atoms with Crippen LogP contribution < -0.4 is 4.74 Å². The summed E-state index contributed by atoms with van der Waals surface area (Å²) in [5.74, 6) is -0.0837. The maximum absolute atomic E-state index is 12.1. The number of nitrogens with zero attached hydrogens (tertiary/aromatic N) is 3. The van der Waals surface area contributed by atoms with Gasteiger partial charge in [-0.15, -0.1) is 0 Å². The van der Waals surface area contributed by atoms with Crippen molar-refractivity contribution in [2.45, 2.75) is 0 Å². The van der Waals surface area contributed by atoms with E-state index in [2.05, 4.69) is 9.97 Å². The lowest BCUT2D eigenvalue weighted by atomic mass is 10.1. The lowest BCUT2D eigenvalue weighted by Crippen LogP contribution is -2.08. The Labute approximate surface area is 172 Å². The predicted octanol–water partition coefficient (Wildman–Crippen LogP) is 2.93. The molecule has 30 heavy (non-hydrogen) atoms. The van der Waals surface area contributed by atoms with E-state index in [9.17, 15) is 9.90 Å². The van der Waals surface area contributed by atoms with E-state index < -0.39 is 5.97 Å². The third-order valence-corrected chi connectivity index (χ3v) is 4.59. The van der Waals surface area contributed by atoms with Gasteiger partial charge in [0.15, 0.2) is 17.1 Å². The number of rotatable bonds is 6. The van der Waals surface area contributed by atoms with Crippen molar-refractivity contribution in [2.75, 3.05) is 20.3 Å². The highest BCUT2D eigenvalue weighted by molar-refractivity contribution is 5.90. The number of carbonyl (C=O) groups is 1. The Bertz CT molecular complexity index is 1220. The number of esters is 1. The van der Waals surface area contributed by atoms with Gasteiger partial charge in [-0.1, -0.05) is 12.1 Å². The molecule has 0 aliphatic heterocycles. The Hall–Kier alpha value is -3.91. The number of aliphatic hydroxyl groups is 1. The summed E-state index contributed by atoms with van der Waals surface area (Å²) in [6.45, 7) is -0.281. The first-order valence-corrected chi connectivity index (χ1v) is 9.19. The normalized spacial score (nSPS) is 10.9. The molecule has 0 fully saturated rings. The molecule has 8 nitrogen and oxygen atoms in total. The molecular formula is C22H19N3O5. The van der Waals surface area contributed by atoms with E-state index in [1.165, 1.54) is 7.11 Å². The second-order valence-corrected chi connectivity index (χ2v) is 6.47. The topological polar surface area (TPSA) is 106 Å². The van der Waals surface area contributed by atoms with E-state index >= 15 is 0 Å². The highest BCUT2D eigenvalue weighted by Crippen LogP contribution is 2.32. The van der Waals surface area contributed by atoms with Crippen LogP contribution in [0, 0.1) is 0 Å². The standard InChI is InChI=1S/C22H19N3O5/c1-29-20-10-15(5-6-19(20)27)18-11-24-21-12-23-17(13-25(18)21)14-3-2-4-16(9-14)22(28)30-8-7-26/h2-6,9-13,26-27H,7-8H2,1H3. The Balaban J connectivity index is 1.74. The second-order valence-electron chi connectivity index (χ2n) is 6.47. The minimum atomic E-state index is -0.508. The summed E-state index contributed by atoms with van der Waals surface area (Å²) >= 11 is 0. The molecule has 0 radical (unpaired) electrons. The van der Waals surface area contributed by atoms with Gasteiger partial charge in [0.1, 0.15) is 6.61 Å². The molecule has 0 bridgehead atoms. The molecule has 0 amide bonds. The molecule has 2 aromatic carbocycles. The molecule has 2 aromatic heterocycles. The van der Waals surface area contributed by atoms with Crippen LogP contribution in [0.15, 0.2) is 61.1 Å². The van der Waals surface area contributed by atoms with Crippen LogP contribution in [-0.4, -0.2) is 50.9 Å². The number of aromatic hydroxyl groups is 1. The zero-order valence-corrected chi connectivity index (χ0v) is 16.1. The Morgan fingerprint density at radius 1 is 1.10 bits per heavy atom. The Morgan fingerprint density at radius 2 is 1.97 bits per heavy atom. The molecule has 0 unspecified atom stereocenters. The fourth-order valence-electron chi connectivity index (χ4n) is 3.12. The first kappa shape index (κ1) is 19.4. The third-order valence-electron chi connectivity index (χ3n) is 4.59. The molecule has 0 saturated heterocycles. The summed E-state index contributed by atoms with van der Waals surface area (Å²) in [6.07, 6.45) is 5.19. The summed E-state index contributed by atoms with van der Waals surface area (Å²) in [7, 11) is 1.49. The third kappa shape index (κ3) is 3.68. The number of fused-ring (bicyclic) bond motifs is 1. The van der Waals surface area contributed by atoms with Gasteiger partial charge in [0.2, 0.25) is 0 Å². The first-order chi connectivity index (χ1) is 14.6. The van der Waals surface area contributed by atoms with Gasteiger partial charge in [-0.3, -0.25) is 9.38 Å². The van der Waals surface area contributed by atoms with Gasteiger partial charge in [-0.2, -0.15) is 0 Å². The van der Waals surface area contributed by atoms with Crippen molar-refractivity contribution in [3.63, 3.8) is 0 Å². The molecule has 4 aromatic rings. The van der Waals surface area contributed by atoms with Gasteiger partial charge in [0.05, 0.1) is 43.1 Å². The van der Waals surface area contributed by atoms with E-state index in [1.807, 2.05) is 16.7 Å². The summed E-state index contributed by atoms with van der Waals surface area (Å²) in [5.41, 5.74) is 4.01. The molecule has 2 N–H and O–H groups in total. The molecule has 8 heteroatoms. The maximum atomic E-state index is 12.1. The quantitative estimate of drug-likeness (QED) is 0.475. The van der Waals surface area contributed by atoms with Gasteiger partial charge in [-0.05, 0) is 30.3 Å². The SMILES string of the molecule is COc1cc(-c2cnc3cnc(-c4cccc(C(=O)OCCO)c4)cn23)ccc1O. The molecule has 0 aliphatic carbocycles. The van der Waals surface area contributed by atoms with E-state index in [1.54, 1.807) is 48.8 Å². The lowest BCUT2D eigenvalue weighted by molar-refractivity contribution is 0.0434. The van der Waals surface area contributed by atoms with Crippen LogP contribution in [0.25, 0.3) is 28.2 Å². The molecule has 4 rings (SSSR count).